The Kier molecular flexibility index (Phi) is 9.02. The van der Waals surface area contributed by atoms with E-state index in [1.807, 2.05) is 30.3 Å². The van der Waals surface area contributed by atoms with Crippen LogP contribution in [0.4, 0.5) is 9.39 Å². The first kappa shape index (κ1) is 26.1. The highest BCUT2D eigenvalue weighted by Gasteiger charge is 2.36. The first-order valence-electron chi connectivity index (χ1n) is 10.0. The van der Waals surface area contributed by atoms with Crippen molar-refractivity contribution in [2.75, 3.05) is 18.5 Å². The van der Waals surface area contributed by atoms with Crippen LogP contribution in [-0.2, 0) is 9.53 Å². The molecule has 6 nitrogen and oxygen atoms in total. The fourth-order valence-electron chi connectivity index (χ4n) is 2.91. The van der Waals surface area contributed by atoms with Gasteiger partial charge in [0.05, 0.1) is 6.61 Å². The maximum absolute atomic E-state index is 13.0. The summed E-state index contributed by atoms with van der Waals surface area (Å²) in [5, 5.41) is 7.61. The number of ether oxygens (including phenoxy) is 2. The van der Waals surface area contributed by atoms with E-state index in [2.05, 4.69) is 10.6 Å². The second-order valence-electron chi connectivity index (χ2n) is 6.87. The lowest BCUT2D eigenvalue weighted by Gasteiger charge is -2.27. The fraction of sp³-hybridized carbons (Fsp3) is 0.217. The summed E-state index contributed by atoms with van der Waals surface area (Å²) in [6.45, 7) is 1.47. The number of carbonyl (C=O) groups excluding carboxylic acids is 2. The minimum absolute atomic E-state index is 0.174. The molecule has 180 valence electrons. The third-order valence-electron chi connectivity index (χ3n) is 4.45. The van der Waals surface area contributed by atoms with Gasteiger partial charge in [-0.25, -0.2) is 9.18 Å². The quantitative estimate of drug-likeness (QED) is 0.195. The molecule has 0 fully saturated rings. The number of nitrogens with one attached hydrogen (secondary N) is 2. The Labute approximate surface area is 214 Å². The molecule has 34 heavy (non-hydrogen) atoms. The lowest BCUT2D eigenvalue weighted by molar-refractivity contribution is -0.123. The number of alkyl halides is 3. The Balaban J connectivity index is 1.80. The summed E-state index contributed by atoms with van der Waals surface area (Å²) in [6, 6.07) is 14.5. The van der Waals surface area contributed by atoms with Gasteiger partial charge < -0.3 is 20.1 Å². The Morgan fingerprint density at radius 1 is 1.09 bits per heavy atom. The van der Waals surface area contributed by atoms with Crippen molar-refractivity contribution in [1.82, 2.24) is 5.32 Å². The average molecular weight is 546 g/mol. The normalized spacial score (nSPS) is 12.0. The molecule has 1 amide bonds. The molecule has 1 aromatic heterocycles. The molecule has 0 aliphatic carbocycles. The number of hydrogen-bond acceptors (Lipinski definition) is 6. The monoisotopic (exact) mass is 544 g/mol. The maximum Gasteiger partial charge on any atom is 0.341 e. The molecular formula is C23H20Cl3FN2O4S. The number of esters is 1. The second kappa shape index (κ2) is 11.8. The SMILES string of the molecule is CCOC(=O)c1c(-c2ccccc2)csc1N[C@@H](NC(=O)COc1ccc(F)cc1)C(Cl)(Cl)Cl. The van der Waals surface area contributed by atoms with Crippen LogP contribution in [0.3, 0.4) is 0 Å². The molecule has 11 heteroatoms. The molecule has 0 bridgehead atoms. The second-order valence-corrected chi connectivity index (χ2v) is 10.1. The van der Waals surface area contributed by atoms with Gasteiger partial charge in [-0.2, -0.15) is 0 Å². The fourth-order valence-corrected chi connectivity index (χ4v) is 4.23. The summed E-state index contributed by atoms with van der Waals surface area (Å²) in [4.78, 5) is 25.2. The van der Waals surface area contributed by atoms with Crippen LogP contribution in [0, 0.1) is 5.82 Å². The van der Waals surface area contributed by atoms with E-state index in [4.69, 9.17) is 44.3 Å². The zero-order chi connectivity index (χ0) is 24.7. The molecule has 1 heterocycles. The molecule has 2 aromatic carbocycles. The van der Waals surface area contributed by atoms with E-state index in [1.165, 1.54) is 35.6 Å². The minimum Gasteiger partial charge on any atom is -0.484 e. The summed E-state index contributed by atoms with van der Waals surface area (Å²) in [5.74, 6) is -1.30. The third kappa shape index (κ3) is 6.99. The van der Waals surface area contributed by atoms with Crippen molar-refractivity contribution >= 4 is 63.0 Å². The Hall–Kier alpha value is -2.52. The molecule has 0 radical (unpaired) electrons. The van der Waals surface area contributed by atoms with Gasteiger partial charge in [0.25, 0.3) is 5.91 Å². The Morgan fingerprint density at radius 2 is 1.76 bits per heavy atom. The predicted molar refractivity (Wildman–Crippen MR) is 133 cm³/mol. The van der Waals surface area contributed by atoms with Gasteiger partial charge in [0, 0.05) is 10.9 Å². The van der Waals surface area contributed by atoms with Crippen LogP contribution in [0.2, 0.25) is 0 Å². The van der Waals surface area contributed by atoms with Crippen molar-refractivity contribution in [3.63, 3.8) is 0 Å². The highest BCUT2D eigenvalue weighted by atomic mass is 35.6. The van der Waals surface area contributed by atoms with E-state index in [-0.39, 0.29) is 12.2 Å². The number of amides is 1. The van der Waals surface area contributed by atoms with Crippen molar-refractivity contribution in [2.24, 2.45) is 0 Å². The number of benzene rings is 2. The van der Waals surface area contributed by atoms with Gasteiger partial charge in [-0.1, -0.05) is 65.1 Å². The van der Waals surface area contributed by atoms with Crippen molar-refractivity contribution in [3.05, 3.63) is 71.4 Å². The number of anilines is 1. The Bertz CT molecular complexity index is 1120. The van der Waals surface area contributed by atoms with Crippen LogP contribution >= 0.6 is 46.1 Å². The van der Waals surface area contributed by atoms with Gasteiger partial charge in [0.1, 0.15) is 28.3 Å². The van der Waals surface area contributed by atoms with Crippen LogP contribution in [0.5, 0.6) is 5.75 Å². The lowest BCUT2D eigenvalue weighted by Crippen LogP contribution is -2.50. The zero-order valence-electron chi connectivity index (χ0n) is 17.8. The first-order valence-corrected chi connectivity index (χ1v) is 12.1. The van der Waals surface area contributed by atoms with Crippen molar-refractivity contribution in [1.29, 1.82) is 0 Å². The maximum atomic E-state index is 13.0. The standard InChI is InChI=1S/C23H20Cl3FN2O4S/c1-2-32-21(31)19-17(14-6-4-3-5-7-14)13-34-20(19)29-22(23(24,25)26)28-18(30)12-33-16-10-8-15(27)9-11-16/h3-11,13,22,29H,2,12H2,1H3,(H,28,30)/t22-/m1/s1. The van der Waals surface area contributed by atoms with Gasteiger partial charge >= 0.3 is 5.97 Å². The van der Waals surface area contributed by atoms with Crippen LogP contribution in [0.25, 0.3) is 11.1 Å². The molecule has 2 N–H and O–H groups in total. The number of carbonyl (C=O) groups is 2. The van der Waals surface area contributed by atoms with Gasteiger partial charge in [0.2, 0.25) is 3.79 Å². The van der Waals surface area contributed by atoms with E-state index < -0.39 is 34.3 Å². The molecule has 0 unspecified atom stereocenters. The molecule has 1 atom stereocenters. The van der Waals surface area contributed by atoms with Crippen molar-refractivity contribution < 1.29 is 23.5 Å². The zero-order valence-corrected chi connectivity index (χ0v) is 20.9. The van der Waals surface area contributed by atoms with E-state index in [0.29, 0.717) is 16.3 Å². The van der Waals surface area contributed by atoms with Gasteiger partial charge in [-0.3, -0.25) is 4.79 Å². The first-order chi connectivity index (χ1) is 16.2. The number of thiophene rings is 1. The number of hydrogen-bond donors (Lipinski definition) is 2. The van der Waals surface area contributed by atoms with Gasteiger partial charge in [0.15, 0.2) is 6.61 Å². The summed E-state index contributed by atoms with van der Waals surface area (Å²) < 4.78 is 21.6. The lowest BCUT2D eigenvalue weighted by atomic mass is 10.0. The van der Waals surface area contributed by atoms with E-state index in [0.717, 1.165) is 5.56 Å². The molecule has 0 aliphatic heterocycles. The largest absolute Gasteiger partial charge is 0.484 e. The topological polar surface area (TPSA) is 76.7 Å². The average Bonchev–Trinajstić information content (AvgIpc) is 3.22. The molecule has 3 aromatic rings. The van der Waals surface area contributed by atoms with E-state index >= 15 is 0 Å². The van der Waals surface area contributed by atoms with Crippen LogP contribution in [0.15, 0.2) is 60.0 Å². The summed E-state index contributed by atoms with van der Waals surface area (Å²) in [5.41, 5.74) is 1.70. The Morgan fingerprint density at radius 3 is 2.38 bits per heavy atom. The summed E-state index contributed by atoms with van der Waals surface area (Å²) in [7, 11) is 0. The molecule has 0 spiro atoms. The third-order valence-corrected chi connectivity index (χ3v) is 6.01. The van der Waals surface area contributed by atoms with Gasteiger partial charge in [-0.15, -0.1) is 11.3 Å². The smallest absolute Gasteiger partial charge is 0.341 e. The van der Waals surface area contributed by atoms with Crippen LogP contribution in [-0.4, -0.2) is 35.0 Å². The minimum atomic E-state index is -1.98. The summed E-state index contributed by atoms with van der Waals surface area (Å²) in [6.07, 6.45) is -1.21. The molecule has 0 saturated carbocycles. The molecule has 3 rings (SSSR count). The highest BCUT2D eigenvalue weighted by molar-refractivity contribution is 7.15. The van der Waals surface area contributed by atoms with Crippen molar-refractivity contribution in [3.8, 4) is 16.9 Å². The molecule has 0 aliphatic rings. The van der Waals surface area contributed by atoms with Gasteiger partial charge in [-0.05, 0) is 36.8 Å². The summed E-state index contributed by atoms with van der Waals surface area (Å²) >= 11 is 19.5. The van der Waals surface area contributed by atoms with E-state index in [9.17, 15) is 14.0 Å². The number of halogens is 4. The molecule has 0 saturated heterocycles. The van der Waals surface area contributed by atoms with Crippen LogP contribution in [0.1, 0.15) is 17.3 Å². The predicted octanol–water partition coefficient (Wildman–Crippen LogP) is 6.03. The number of rotatable bonds is 9. The highest BCUT2D eigenvalue weighted by Crippen LogP contribution is 2.39. The molecular weight excluding hydrogens is 526 g/mol. The van der Waals surface area contributed by atoms with Crippen molar-refractivity contribution in [2.45, 2.75) is 16.9 Å². The van der Waals surface area contributed by atoms with E-state index in [1.54, 1.807) is 12.3 Å². The van der Waals surface area contributed by atoms with Crippen LogP contribution < -0.4 is 15.4 Å².